The number of likely N-dealkylation sites (tertiary alicyclic amines) is 1. The van der Waals surface area contributed by atoms with Crippen LogP contribution < -0.4 is 5.73 Å². The van der Waals surface area contributed by atoms with Gasteiger partial charge in [-0.2, -0.15) is 0 Å². The first-order valence-electron chi connectivity index (χ1n) is 5.48. The molecule has 1 amide bonds. The number of benzene rings is 1. The molecule has 6 nitrogen and oxygen atoms in total. The highest BCUT2D eigenvalue weighted by atomic mass is 35.5. The summed E-state index contributed by atoms with van der Waals surface area (Å²) in [6.45, 7) is 0.906. The van der Waals surface area contributed by atoms with Crippen molar-refractivity contribution >= 4 is 23.2 Å². The van der Waals surface area contributed by atoms with Gasteiger partial charge in [0.1, 0.15) is 5.56 Å². The molecular weight excluding hydrogens is 258 g/mol. The van der Waals surface area contributed by atoms with E-state index in [1.165, 1.54) is 23.1 Å². The van der Waals surface area contributed by atoms with Gasteiger partial charge in [0.15, 0.2) is 0 Å². The third-order valence-electron chi connectivity index (χ3n) is 2.91. The Morgan fingerprint density at radius 2 is 2.28 bits per heavy atom. The third kappa shape index (κ3) is 2.30. The number of halogens is 1. The molecule has 18 heavy (non-hydrogen) atoms. The number of hydrogen-bond donors (Lipinski definition) is 1. The van der Waals surface area contributed by atoms with Crippen LogP contribution in [0.4, 0.5) is 5.69 Å². The molecule has 0 radical (unpaired) electrons. The van der Waals surface area contributed by atoms with Gasteiger partial charge in [0.2, 0.25) is 0 Å². The van der Waals surface area contributed by atoms with Gasteiger partial charge in [-0.15, -0.1) is 0 Å². The molecule has 1 aromatic carbocycles. The van der Waals surface area contributed by atoms with Crippen molar-refractivity contribution in [1.29, 1.82) is 0 Å². The van der Waals surface area contributed by atoms with Crippen LogP contribution in [0.15, 0.2) is 18.2 Å². The SMILES string of the molecule is N[C@H]1CCN(C(=O)c2c(Cl)cccc2[N+](=O)[O-])C1. The number of nitro benzene ring substituents is 1. The highest BCUT2D eigenvalue weighted by Gasteiger charge is 2.31. The molecule has 0 unspecified atom stereocenters. The van der Waals surface area contributed by atoms with E-state index in [9.17, 15) is 14.9 Å². The number of nitrogens with zero attached hydrogens (tertiary/aromatic N) is 2. The summed E-state index contributed by atoms with van der Waals surface area (Å²) in [6.07, 6.45) is 0.698. The molecule has 2 rings (SSSR count). The number of amides is 1. The highest BCUT2D eigenvalue weighted by Crippen LogP contribution is 2.28. The Labute approximate surface area is 108 Å². The topological polar surface area (TPSA) is 89.5 Å². The largest absolute Gasteiger partial charge is 0.337 e. The number of nitrogens with two attached hydrogens (primary N) is 1. The minimum atomic E-state index is -0.602. The van der Waals surface area contributed by atoms with E-state index in [1.807, 2.05) is 0 Å². The lowest BCUT2D eigenvalue weighted by Gasteiger charge is -2.16. The van der Waals surface area contributed by atoms with Crippen LogP contribution in [0, 0.1) is 10.1 Å². The zero-order chi connectivity index (χ0) is 13.3. The molecule has 0 bridgehead atoms. The van der Waals surface area contributed by atoms with Crippen molar-refractivity contribution in [3.63, 3.8) is 0 Å². The maximum absolute atomic E-state index is 12.2. The maximum Gasteiger partial charge on any atom is 0.283 e. The molecule has 1 saturated heterocycles. The van der Waals surface area contributed by atoms with Gasteiger partial charge in [-0.25, -0.2) is 0 Å². The minimum absolute atomic E-state index is 0.0572. The number of rotatable bonds is 2. The van der Waals surface area contributed by atoms with Gasteiger partial charge in [-0.1, -0.05) is 17.7 Å². The summed E-state index contributed by atoms with van der Waals surface area (Å²) in [4.78, 5) is 24.0. The molecule has 1 atom stereocenters. The number of carbonyl (C=O) groups is 1. The molecule has 0 saturated carbocycles. The van der Waals surface area contributed by atoms with Crippen molar-refractivity contribution in [2.45, 2.75) is 12.5 Å². The molecule has 1 aliphatic rings. The minimum Gasteiger partial charge on any atom is -0.337 e. The fourth-order valence-corrected chi connectivity index (χ4v) is 2.26. The van der Waals surface area contributed by atoms with Crippen molar-refractivity contribution < 1.29 is 9.72 Å². The second-order valence-electron chi connectivity index (χ2n) is 4.19. The van der Waals surface area contributed by atoms with Crippen LogP contribution in [-0.2, 0) is 0 Å². The van der Waals surface area contributed by atoms with E-state index in [0.29, 0.717) is 19.5 Å². The van der Waals surface area contributed by atoms with Gasteiger partial charge in [-0.05, 0) is 12.5 Å². The van der Waals surface area contributed by atoms with Gasteiger partial charge in [0, 0.05) is 25.2 Å². The Bertz CT molecular complexity index is 506. The quantitative estimate of drug-likeness (QED) is 0.649. The van der Waals surface area contributed by atoms with Gasteiger partial charge < -0.3 is 10.6 Å². The fourth-order valence-electron chi connectivity index (χ4n) is 2.01. The zero-order valence-corrected chi connectivity index (χ0v) is 10.3. The van der Waals surface area contributed by atoms with Crippen molar-refractivity contribution in [3.05, 3.63) is 38.9 Å². The van der Waals surface area contributed by atoms with Crippen LogP contribution in [0.1, 0.15) is 16.8 Å². The van der Waals surface area contributed by atoms with Gasteiger partial charge >= 0.3 is 0 Å². The molecule has 1 aromatic rings. The fraction of sp³-hybridized carbons (Fsp3) is 0.364. The lowest BCUT2D eigenvalue weighted by atomic mass is 10.1. The molecule has 0 spiro atoms. The normalized spacial score (nSPS) is 19.0. The standard InChI is InChI=1S/C11H12ClN3O3/c12-8-2-1-3-9(15(17)18)10(8)11(16)14-5-4-7(13)6-14/h1-3,7H,4-6,13H2/t7-/m0/s1. The number of hydrogen-bond acceptors (Lipinski definition) is 4. The summed E-state index contributed by atoms with van der Waals surface area (Å²) >= 11 is 5.90. The van der Waals surface area contributed by atoms with E-state index in [4.69, 9.17) is 17.3 Å². The van der Waals surface area contributed by atoms with Crippen molar-refractivity contribution in [1.82, 2.24) is 4.90 Å². The lowest BCUT2D eigenvalue weighted by Crippen LogP contribution is -2.32. The predicted octanol–water partition coefficient (Wildman–Crippen LogP) is 1.42. The van der Waals surface area contributed by atoms with Gasteiger partial charge in [0.05, 0.1) is 9.95 Å². The number of carbonyl (C=O) groups excluding carboxylic acids is 1. The van der Waals surface area contributed by atoms with E-state index in [2.05, 4.69) is 0 Å². The molecular formula is C11H12ClN3O3. The summed E-state index contributed by atoms with van der Waals surface area (Å²) in [5.41, 5.74) is 5.39. The second kappa shape index (κ2) is 4.91. The van der Waals surface area contributed by atoms with Crippen LogP contribution in [0.2, 0.25) is 5.02 Å². The van der Waals surface area contributed by atoms with Gasteiger partial charge in [-0.3, -0.25) is 14.9 Å². The number of nitro groups is 1. The van der Waals surface area contributed by atoms with Crippen LogP contribution in [0.25, 0.3) is 0 Å². The van der Waals surface area contributed by atoms with Crippen LogP contribution in [0.3, 0.4) is 0 Å². The van der Waals surface area contributed by atoms with Crippen molar-refractivity contribution in [3.8, 4) is 0 Å². The summed E-state index contributed by atoms with van der Waals surface area (Å²) in [5, 5.41) is 11.0. The maximum atomic E-state index is 12.2. The molecule has 0 aliphatic carbocycles. The summed E-state index contributed by atoms with van der Waals surface area (Å²) < 4.78 is 0. The molecule has 96 valence electrons. The van der Waals surface area contributed by atoms with Crippen LogP contribution in [0.5, 0.6) is 0 Å². The van der Waals surface area contributed by atoms with E-state index in [1.54, 1.807) is 0 Å². The molecule has 0 aromatic heterocycles. The average Bonchev–Trinajstić information content (AvgIpc) is 2.74. The van der Waals surface area contributed by atoms with E-state index >= 15 is 0 Å². The zero-order valence-electron chi connectivity index (χ0n) is 9.51. The third-order valence-corrected chi connectivity index (χ3v) is 3.23. The smallest absolute Gasteiger partial charge is 0.283 e. The van der Waals surface area contributed by atoms with E-state index < -0.39 is 10.8 Å². The average molecular weight is 270 g/mol. The Hall–Kier alpha value is -1.66. The van der Waals surface area contributed by atoms with Crippen molar-refractivity contribution in [2.24, 2.45) is 5.73 Å². The van der Waals surface area contributed by atoms with E-state index in [-0.39, 0.29) is 22.3 Å². The Kier molecular flexibility index (Phi) is 3.49. The lowest BCUT2D eigenvalue weighted by molar-refractivity contribution is -0.385. The van der Waals surface area contributed by atoms with Crippen molar-refractivity contribution in [2.75, 3.05) is 13.1 Å². The monoisotopic (exact) mass is 269 g/mol. The van der Waals surface area contributed by atoms with Crippen LogP contribution in [-0.4, -0.2) is 34.9 Å². The Balaban J connectivity index is 2.38. The summed E-state index contributed by atoms with van der Waals surface area (Å²) in [6, 6.07) is 4.12. The molecule has 1 aliphatic heterocycles. The first-order chi connectivity index (χ1) is 8.50. The molecule has 7 heteroatoms. The molecule has 1 heterocycles. The first-order valence-corrected chi connectivity index (χ1v) is 5.86. The van der Waals surface area contributed by atoms with Crippen LogP contribution >= 0.6 is 11.6 Å². The molecule has 2 N–H and O–H groups in total. The predicted molar refractivity (Wildman–Crippen MR) is 66.6 cm³/mol. The summed E-state index contributed by atoms with van der Waals surface area (Å²) in [5.74, 6) is -0.430. The Morgan fingerprint density at radius 3 is 2.83 bits per heavy atom. The second-order valence-corrected chi connectivity index (χ2v) is 4.60. The Morgan fingerprint density at radius 1 is 1.56 bits per heavy atom. The highest BCUT2D eigenvalue weighted by molar-refractivity contribution is 6.34. The summed E-state index contributed by atoms with van der Waals surface area (Å²) in [7, 11) is 0. The van der Waals surface area contributed by atoms with Gasteiger partial charge in [0.25, 0.3) is 11.6 Å². The molecule has 1 fully saturated rings. The first kappa shape index (κ1) is 12.8. The van der Waals surface area contributed by atoms with E-state index in [0.717, 1.165) is 0 Å².